The molecule has 3 amide bonds. The molecular formula is C19H20N4O3. The van der Waals surface area contributed by atoms with Gasteiger partial charge in [0.1, 0.15) is 0 Å². The van der Waals surface area contributed by atoms with Crippen molar-refractivity contribution in [3.63, 3.8) is 0 Å². The summed E-state index contributed by atoms with van der Waals surface area (Å²) in [6.07, 6.45) is 3.69. The summed E-state index contributed by atoms with van der Waals surface area (Å²) >= 11 is 0. The third-order valence-electron chi connectivity index (χ3n) is 4.39. The topological polar surface area (TPSA) is 82.6 Å². The van der Waals surface area contributed by atoms with Gasteiger partial charge in [-0.1, -0.05) is 18.2 Å². The second-order valence-corrected chi connectivity index (χ2v) is 6.16. The number of pyridine rings is 1. The maximum atomic E-state index is 12.6. The number of nitrogens with one attached hydrogen (secondary N) is 1. The van der Waals surface area contributed by atoms with E-state index in [4.69, 9.17) is 0 Å². The highest BCUT2D eigenvalue weighted by Crippen LogP contribution is 2.15. The zero-order chi connectivity index (χ0) is 18.5. The van der Waals surface area contributed by atoms with Gasteiger partial charge in [-0.05, 0) is 24.6 Å². The Balaban J connectivity index is 1.71. The minimum absolute atomic E-state index is 0.186. The Bertz CT molecular complexity index is 829. The molecule has 1 aliphatic heterocycles. The summed E-state index contributed by atoms with van der Waals surface area (Å²) in [5.74, 6) is -0.499. The van der Waals surface area contributed by atoms with Crippen LogP contribution in [0, 0.1) is 6.92 Å². The molecule has 0 unspecified atom stereocenters. The molecule has 1 aromatic carbocycles. The van der Waals surface area contributed by atoms with E-state index in [9.17, 15) is 14.4 Å². The fourth-order valence-electron chi connectivity index (χ4n) is 2.80. The summed E-state index contributed by atoms with van der Waals surface area (Å²) in [5.41, 5.74) is 2.36. The van der Waals surface area contributed by atoms with Crippen molar-refractivity contribution in [3.05, 3.63) is 59.4 Å². The minimum Gasteiger partial charge on any atom is -0.342 e. The Kier molecular flexibility index (Phi) is 5.26. The Morgan fingerprint density at radius 2 is 1.77 bits per heavy atom. The average Bonchev–Trinajstić information content (AvgIpc) is 2.69. The van der Waals surface area contributed by atoms with Crippen LogP contribution in [0.25, 0.3) is 0 Å². The fraction of sp³-hybridized carbons (Fsp3) is 0.263. The van der Waals surface area contributed by atoms with E-state index < -0.39 is 0 Å². The molecule has 1 aromatic heterocycles. The van der Waals surface area contributed by atoms with Crippen molar-refractivity contribution in [2.45, 2.75) is 6.92 Å². The number of aromatic nitrogens is 1. The van der Waals surface area contributed by atoms with Crippen LogP contribution < -0.4 is 5.32 Å². The zero-order valence-electron chi connectivity index (χ0n) is 14.5. The van der Waals surface area contributed by atoms with E-state index in [1.807, 2.05) is 31.2 Å². The first-order valence-electron chi connectivity index (χ1n) is 8.39. The number of piperazine rings is 1. The molecule has 26 heavy (non-hydrogen) atoms. The number of para-hydroxylation sites is 1. The molecule has 7 nitrogen and oxygen atoms in total. The number of amides is 3. The van der Waals surface area contributed by atoms with Gasteiger partial charge in [-0.3, -0.25) is 19.4 Å². The summed E-state index contributed by atoms with van der Waals surface area (Å²) in [4.78, 5) is 43.2. The number of aryl methyl sites for hydroxylation is 1. The molecule has 134 valence electrons. The third-order valence-corrected chi connectivity index (χ3v) is 4.39. The van der Waals surface area contributed by atoms with Crippen LogP contribution in [0.15, 0.2) is 42.7 Å². The second kappa shape index (κ2) is 7.77. The van der Waals surface area contributed by atoms with Gasteiger partial charge >= 0.3 is 0 Å². The van der Waals surface area contributed by atoms with Gasteiger partial charge in [0.15, 0.2) is 0 Å². The Labute approximate surface area is 151 Å². The van der Waals surface area contributed by atoms with E-state index in [0.717, 1.165) is 17.7 Å². The van der Waals surface area contributed by atoms with Crippen LogP contribution >= 0.6 is 0 Å². The predicted molar refractivity (Wildman–Crippen MR) is 96.9 cm³/mol. The first-order chi connectivity index (χ1) is 12.6. The number of anilines is 1. The molecule has 7 heteroatoms. The van der Waals surface area contributed by atoms with Gasteiger partial charge in [-0.2, -0.15) is 0 Å². The van der Waals surface area contributed by atoms with Crippen LogP contribution in [0.3, 0.4) is 0 Å². The molecule has 1 aliphatic rings. The van der Waals surface area contributed by atoms with Gasteiger partial charge in [0.25, 0.3) is 11.8 Å². The number of hydrogen-bond donors (Lipinski definition) is 1. The number of rotatable bonds is 4. The lowest BCUT2D eigenvalue weighted by atomic mass is 10.1. The van der Waals surface area contributed by atoms with E-state index >= 15 is 0 Å². The van der Waals surface area contributed by atoms with E-state index in [1.54, 1.807) is 15.9 Å². The molecule has 1 fully saturated rings. The number of carbonyl (C=O) groups is 3. The van der Waals surface area contributed by atoms with Gasteiger partial charge in [0.05, 0.1) is 11.1 Å². The lowest BCUT2D eigenvalue weighted by Crippen LogP contribution is -2.48. The number of hydrogen-bond acceptors (Lipinski definition) is 4. The van der Waals surface area contributed by atoms with Crippen molar-refractivity contribution in [1.29, 1.82) is 0 Å². The quantitative estimate of drug-likeness (QED) is 0.847. The molecule has 0 aliphatic carbocycles. The van der Waals surface area contributed by atoms with Gasteiger partial charge in [0.2, 0.25) is 6.41 Å². The fourth-order valence-corrected chi connectivity index (χ4v) is 2.80. The van der Waals surface area contributed by atoms with Gasteiger partial charge < -0.3 is 15.1 Å². The number of benzene rings is 1. The van der Waals surface area contributed by atoms with Crippen molar-refractivity contribution in [2.75, 3.05) is 31.5 Å². The molecule has 0 bridgehead atoms. The predicted octanol–water partition coefficient (Wildman–Crippen LogP) is 1.56. The molecule has 1 saturated heterocycles. The molecule has 1 N–H and O–H groups in total. The molecule has 2 heterocycles. The van der Waals surface area contributed by atoms with Crippen molar-refractivity contribution in [2.24, 2.45) is 0 Å². The smallest absolute Gasteiger partial charge is 0.257 e. The SMILES string of the molecule is Cc1ccccc1NC(=O)c1cncc(C(=O)N2CCN(C=O)CC2)c1. The maximum Gasteiger partial charge on any atom is 0.257 e. The number of nitrogens with zero attached hydrogens (tertiary/aromatic N) is 3. The molecule has 2 aromatic rings. The van der Waals surface area contributed by atoms with Crippen LogP contribution in [-0.4, -0.2) is 59.2 Å². The van der Waals surface area contributed by atoms with E-state index in [2.05, 4.69) is 10.3 Å². The minimum atomic E-state index is -0.313. The highest BCUT2D eigenvalue weighted by atomic mass is 16.2. The molecule has 0 saturated carbocycles. The number of carbonyl (C=O) groups excluding carboxylic acids is 3. The van der Waals surface area contributed by atoms with Crippen LogP contribution in [0.5, 0.6) is 0 Å². The van der Waals surface area contributed by atoms with E-state index in [1.165, 1.54) is 12.4 Å². The Morgan fingerprint density at radius 3 is 2.46 bits per heavy atom. The molecule has 0 atom stereocenters. The van der Waals surface area contributed by atoms with Gasteiger partial charge in [-0.15, -0.1) is 0 Å². The Morgan fingerprint density at radius 1 is 1.08 bits per heavy atom. The van der Waals surface area contributed by atoms with Crippen LogP contribution in [-0.2, 0) is 4.79 Å². The molecule has 0 spiro atoms. The standard InChI is InChI=1S/C19H20N4O3/c1-14-4-2-3-5-17(14)21-18(25)15-10-16(12-20-11-15)19(26)23-8-6-22(13-24)7-9-23/h2-5,10-13H,6-9H2,1H3,(H,21,25). The Hall–Kier alpha value is -3.22. The second-order valence-electron chi connectivity index (χ2n) is 6.16. The lowest BCUT2D eigenvalue weighted by molar-refractivity contribution is -0.119. The third kappa shape index (κ3) is 3.88. The molecule has 0 radical (unpaired) electrons. The lowest BCUT2D eigenvalue weighted by Gasteiger charge is -2.32. The van der Waals surface area contributed by atoms with Crippen molar-refractivity contribution < 1.29 is 14.4 Å². The summed E-state index contributed by atoms with van der Waals surface area (Å²) in [6.45, 7) is 3.87. The van der Waals surface area contributed by atoms with E-state index in [0.29, 0.717) is 37.3 Å². The van der Waals surface area contributed by atoms with Crippen molar-refractivity contribution >= 4 is 23.9 Å². The summed E-state index contributed by atoms with van der Waals surface area (Å²) in [7, 11) is 0. The highest BCUT2D eigenvalue weighted by molar-refractivity contribution is 6.06. The van der Waals surface area contributed by atoms with E-state index in [-0.39, 0.29) is 11.8 Å². The monoisotopic (exact) mass is 352 g/mol. The average molecular weight is 352 g/mol. The first-order valence-corrected chi connectivity index (χ1v) is 8.39. The van der Waals surface area contributed by atoms with Crippen LogP contribution in [0.1, 0.15) is 26.3 Å². The van der Waals surface area contributed by atoms with Crippen molar-refractivity contribution in [1.82, 2.24) is 14.8 Å². The summed E-state index contributed by atoms with van der Waals surface area (Å²) < 4.78 is 0. The maximum absolute atomic E-state index is 12.6. The van der Waals surface area contributed by atoms with Gasteiger partial charge in [-0.25, -0.2) is 0 Å². The molecular weight excluding hydrogens is 332 g/mol. The van der Waals surface area contributed by atoms with Crippen LogP contribution in [0.2, 0.25) is 0 Å². The zero-order valence-corrected chi connectivity index (χ0v) is 14.5. The molecule has 3 rings (SSSR count). The highest BCUT2D eigenvalue weighted by Gasteiger charge is 2.22. The van der Waals surface area contributed by atoms with Crippen molar-refractivity contribution in [3.8, 4) is 0 Å². The first kappa shape index (κ1) is 17.6. The summed E-state index contributed by atoms with van der Waals surface area (Å²) in [5, 5.41) is 2.84. The normalized spacial score (nSPS) is 14.0. The largest absolute Gasteiger partial charge is 0.342 e. The van der Waals surface area contributed by atoms with Crippen LogP contribution in [0.4, 0.5) is 5.69 Å². The van der Waals surface area contributed by atoms with Gasteiger partial charge in [0, 0.05) is 44.3 Å². The summed E-state index contributed by atoms with van der Waals surface area (Å²) in [6, 6.07) is 9.03.